The van der Waals surface area contributed by atoms with Crippen LogP contribution < -0.4 is 0 Å². The molecule has 26 heavy (non-hydrogen) atoms. The van der Waals surface area contributed by atoms with Gasteiger partial charge in [-0.3, -0.25) is 10.1 Å². The molecule has 9 nitrogen and oxygen atoms in total. The van der Waals surface area contributed by atoms with E-state index in [-0.39, 0.29) is 17.1 Å². The summed E-state index contributed by atoms with van der Waals surface area (Å²) in [6, 6.07) is -0.402. The SMILES string of the molecule is O=[N+]([O-])C1CCC(C2=Nn3cnnc3CC3CC4OCOC4CC23)CC1. The lowest BCUT2D eigenvalue weighted by Crippen LogP contribution is -2.43. The molecule has 5 rings (SSSR count). The van der Waals surface area contributed by atoms with Crippen LogP contribution in [0.15, 0.2) is 11.4 Å². The van der Waals surface area contributed by atoms with Crippen LogP contribution in [0, 0.1) is 27.9 Å². The lowest BCUT2D eigenvalue weighted by atomic mass is 9.68. The molecule has 1 aromatic rings. The first-order valence-electron chi connectivity index (χ1n) is 9.53. The van der Waals surface area contributed by atoms with Crippen LogP contribution in [-0.2, 0) is 15.9 Å². The standard InChI is InChI=1S/C17H23N5O4/c23-22(24)12-3-1-10(2-4-12)17-13-7-15-14(25-9-26-15)5-11(13)6-16-19-18-8-21(16)20-17/h8,10-15H,1-7,9H2. The minimum Gasteiger partial charge on any atom is -0.349 e. The molecule has 2 aliphatic heterocycles. The summed E-state index contributed by atoms with van der Waals surface area (Å²) < 4.78 is 13.4. The number of ether oxygens (including phenoxy) is 2. The van der Waals surface area contributed by atoms with E-state index in [0.717, 1.165) is 37.9 Å². The number of fused-ring (bicyclic) bond motifs is 3. The van der Waals surface area contributed by atoms with Crippen LogP contribution in [0.3, 0.4) is 0 Å². The quantitative estimate of drug-likeness (QED) is 0.586. The molecule has 1 aromatic heterocycles. The van der Waals surface area contributed by atoms with Gasteiger partial charge in [0.15, 0.2) is 5.82 Å². The second kappa shape index (κ2) is 6.38. The Morgan fingerprint density at radius 1 is 1.15 bits per heavy atom. The first kappa shape index (κ1) is 16.3. The monoisotopic (exact) mass is 361 g/mol. The van der Waals surface area contributed by atoms with Gasteiger partial charge < -0.3 is 9.47 Å². The van der Waals surface area contributed by atoms with Gasteiger partial charge in [0.2, 0.25) is 6.04 Å². The van der Waals surface area contributed by atoms with E-state index in [1.807, 2.05) is 4.68 Å². The first-order chi connectivity index (χ1) is 12.7. The Balaban J connectivity index is 1.44. The molecule has 3 heterocycles. The summed E-state index contributed by atoms with van der Waals surface area (Å²) in [6.45, 7) is 0.380. The molecule has 9 heteroatoms. The molecule has 0 spiro atoms. The van der Waals surface area contributed by atoms with Crippen molar-refractivity contribution < 1.29 is 14.4 Å². The number of nitro groups is 1. The zero-order chi connectivity index (χ0) is 17.7. The Morgan fingerprint density at radius 2 is 1.92 bits per heavy atom. The number of nitrogens with zero attached hydrogens (tertiary/aromatic N) is 5. The van der Waals surface area contributed by atoms with Gasteiger partial charge in [0.1, 0.15) is 13.1 Å². The summed E-state index contributed by atoms with van der Waals surface area (Å²) in [5, 5.41) is 24.3. The zero-order valence-electron chi connectivity index (χ0n) is 14.6. The fraction of sp³-hybridized carbons (Fsp3) is 0.824. The molecule has 4 atom stereocenters. The highest BCUT2D eigenvalue weighted by Crippen LogP contribution is 2.43. The molecule has 140 valence electrons. The molecule has 0 bridgehead atoms. The summed E-state index contributed by atoms with van der Waals surface area (Å²) in [6.07, 6.45) is 7.61. The number of hydrogen-bond donors (Lipinski definition) is 0. The van der Waals surface area contributed by atoms with Gasteiger partial charge in [-0.25, -0.2) is 4.68 Å². The molecule has 2 aliphatic carbocycles. The molecular weight excluding hydrogens is 338 g/mol. The number of aromatic nitrogens is 3. The normalized spacial score (nSPS) is 39.3. The largest absolute Gasteiger partial charge is 0.349 e. The lowest BCUT2D eigenvalue weighted by Gasteiger charge is -2.38. The third kappa shape index (κ3) is 2.73. The smallest absolute Gasteiger partial charge is 0.213 e. The first-order valence-corrected chi connectivity index (χ1v) is 9.53. The molecular formula is C17H23N5O4. The van der Waals surface area contributed by atoms with Crippen LogP contribution in [0.2, 0.25) is 0 Å². The predicted octanol–water partition coefficient (Wildman–Crippen LogP) is 1.64. The van der Waals surface area contributed by atoms with Gasteiger partial charge in [0.05, 0.1) is 12.2 Å². The summed E-state index contributed by atoms with van der Waals surface area (Å²) >= 11 is 0. The molecule has 4 unspecified atom stereocenters. The van der Waals surface area contributed by atoms with Crippen molar-refractivity contribution in [1.82, 2.24) is 14.9 Å². The maximum absolute atomic E-state index is 11.1. The van der Waals surface area contributed by atoms with E-state index in [2.05, 4.69) is 10.2 Å². The summed E-state index contributed by atoms with van der Waals surface area (Å²) in [5.41, 5.74) is 1.17. The number of hydrogen-bond acceptors (Lipinski definition) is 7. The van der Waals surface area contributed by atoms with Crippen LogP contribution >= 0.6 is 0 Å². The molecule has 0 amide bonds. The highest BCUT2D eigenvalue weighted by Gasteiger charge is 2.46. The van der Waals surface area contributed by atoms with Gasteiger partial charge in [-0.2, -0.15) is 5.10 Å². The van der Waals surface area contributed by atoms with Gasteiger partial charge in [0.25, 0.3) is 0 Å². The fourth-order valence-corrected chi connectivity index (χ4v) is 5.23. The van der Waals surface area contributed by atoms with Crippen molar-refractivity contribution in [3.8, 4) is 0 Å². The molecule has 1 saturated heterocycles. The van der Waals surface area contributed by atoms with Crippen LogP contribution in [0.1, 0.15) is 44.3 Å². The predicted molar refractivity (Wildman–Crippen MR) is 90.1 cm³/mol. The molecule has 0 aromatic carbocycles. The zero-order valence-corrected chi connectivity index (χ0v) is 14.6. The molecule has 0 N–H and O–H groups in total. The van der Waals surface area contributed by atoms with Gasteiger partial charge in [-0.1, -0.05) is 0 Å². The average molecular weight is 361 g/mol. The Hall–Kier alpha value is -1.87. The molecule has 4 aliphatic rings. The third-order valence-electron chi connectivity index (χ3n) is 6.63. The Morgan fingerprint density at radius 3 is 2.69 bits per heavy atom. The van der Waals surface area contributed by atoms with Crippen molar-refractivity contribution in [2.24, 2.45) is 22.9 Å². The van der Waals surface area contributed by atoms with E-state index in [0.29, 0.717) is 37.4 Å². The topological polar surface area (TPSA) is 105 Å². The maximum atomic E-state index is 11.1. The van der Waals surface area contributed by atoms with E-state index in [4.69, 9.17) is 14.6 Å². The van der Waals surface area contributed by atoms with Crippen LogP contribution in [-0.4, -0.2) is 50.6 Å². The molecule has 0 radical (unpaired) electrons. The summed E-state index contributed by atoms with van der Waals surface area (Å²) in [7, 11) is 0. The minimum atomic E-state index is -0.402. The van der Waals surface area contributed by atoms with E-state index in [9.17, 15) is 10.1 Å². The minimum absolute atomic E-state index is 0.124. The Bertz CT molecular complexity index is 726. The Labute approximate surface area is 150 Å². The van der Waals surface area contributed by atoms with Crippen molar-refractivity contribution in [3.63, 3.8) is 0 Å². The molecule has 3 fully saturated rings. The van der Waals surface area contributed by atoms with Crippen LogP contribution in [0.4, 0.5) is 0 Å². The second-order valence-corrected chi connectivity index (χ2v) is 7.98. The third-order valence-corrected chi connectivity index (χ3v) is 6.63. The van der Waals surface area contributed by atoms with Gasteiger partial charge in [-0.15, -0.1) is 10.2 Å². The molecule has 2 saturated carbocycles. The van der Waals surface area contributed by atoms with Crippen molar-refractivity contribution >= 4 is 5.71 Å². The second-order valence-electron chi connectivity index (χ2n) is 7.98. The van der Waals surface area contributed by atoms with E-state index < -0.39 is 6.04 Å². The Kier molecular flexibility index (Phi) is 4.00. The summed E-state index contributed by atoms with van der Waals surface area (Å²) in [5.74, 6) is 1.93. The van der Waals surface area contributed by atoms with E-state index >= 15 is 0 Å². The van der Waals surface area contributed by atoms with Gasteiger partial charge in [0, 0.05) is 35.8 Å². The highest BCUT2D eigenvalue weighted by atomic mass is 16.7. The van der Waals surface area contributed by atoms with Crippen LogP contribution in [0.5, 0.6) is 0 Å². The van der Waals surface area contributed by atoms with Crippen molar-refractivity contribution in [1.29, 1.82) is 0 Å². The van der Waals surface area contributed by atoms with Crippen LogP contribution in [0.25, 0.3) is 0 Å². The number of rotatable bonds is 2. The van der Waals surface area contributed by atoms with E-state index in [1.165, 1.54) is 5.71 Å². The van der Waals surface area contributed by atoms with Gasteiger partial charge >= 0.3 is 0 Å². The summed E-state index contributed by atoms with van der Waals surface area (Å²) in [4.78, 5) is 11.0. The lowest BCUT2D eigenvalue weighted by molar-refractivity contribution is -0.526. The maximum Gasteiger partial charge on any atom is 0.213 e. The highest BCUT2D eigenvalue weighted by molar-refractivity contribution is 5.89. The van der Waals surface area contributed by atoms with E-state index in [1.54, 1.807) is 6.33 Å². The van der Waals surface area contributed by atoms with Crippen molar-refractivity contribution in [3.05, 3.63) is 22.3 Å². The van der Waals surface area contributed by atoms with Gasteiger partial charge in [-0.05, 0) is 37.5 Å². The van der Waals surface area contributed by atoms with Crippen molar-refractivity contribution in [2.75, 3.05) is 6.79 Å². The van der Waals surface area contributed by atoms with Crippen molar-refractivity contribution in [2.45, 2.75) is 63.2 Å². The fourth-order valence-electron chi connectivity index (χ4n) is 5.23. The average Bonchev–Trinajstić information content (AvgIpc) is 3.25.